The van der Waals surface area contributed by atoms with Crippen LogP contribution >= 0.6 is 0 Å². The predicted molar refractivity (Wildman–Crippen MR) is 52.1 cm³/mol. The Morgan fingerprint density at radius 2 is 1.83 bits per heavy atom. The molecule has 2 fully saturated rings. The van der Waals surface area contributed by atoms with Gasteiger partial charge in [0.05, 0.1) is 0 Å². The lowest BCUT2D eigenvalue weighted by atomic mass is 9.91. The van der Waals surface area contributed by atoms with Crippen molar-refractivity contribution in [3.8, 4) is 0 Å². The molecule has 2 saturated carbocycles. The molecule has 70 valence electrons. The molecule has 0 aliphatic heterocycles. The van der Waals surface area contributed by atoms with Gasteiger partial charge in [0.25, 0.3) is 0 Å². The Morgan fingerprint density at radius 1 is 1.17 bits per heavy atom. The van der Waals surface area contributed by atoms with Crippen molar-refractivity contribution in [1.82, 2.24) is 5.32 Å². The van der Waals surface area contributed by atoms with E-state index in [0.29, 0.717) is 0 Å². The SMILES string of the molecule is CC(C)C(CNC1CC1)C1CC1. The van der Waals surface area contributed by atoms with Gasteiger partial charge in [0.1, 0.15) is 0 Å². The van der Waals surface area contributed by atoms with Gasteiger partial charge in [0.15, 0.2) is 0 Å². The molecule has 1 unspecified atom stereocenters. The van der Waals surface area contributed by atoms with Gasteiger partial charge in [-0.15, -0.1) is 0 Å². The first kappa shape index (κ1) is 8.55. The van der Waals surface area contributed by atoms with Crippen LogP contribution in [-0.2, 0) is 0 Å². The highest BCUT2D eigenvalue weighted by Gasteiger charge is 2.33. The average molecular weight is 167 g/mol. The fourth-order valence-corrected chi connectivity index (χ4v) is 2.06. The average Bonchev–Trinajstić information content (AvgIpc) is 2.82. The molecule has 12 heavy (non-hydrogen) atoms. The van der Waals surface area contributed by atoms with Gasteiger partial charge in [-0.3, -0.25) is 0 Å². The van der Waals surface area contributed by atoms with Crippen LogP contribution in [0.15, 0.2) is 0 Å². The maximum Gasteiger partial charge on any atom is 0.00683 e. The summed E-state index contributed by atoms with van der Waals surface area (Å²) in [6.07, 6.45) is 5.84. The third-order valence-corrected chi connectivity index (χ3v) is 3.30. The third kappa shape index (κ3) is 2.22. The number of nitrogens with one attached hydrogen (secondary N) is 1. The maximum absolute atomic E-state index is 3.66. The van der Waals surface area contributed by atoms with E-state index in [1.807, 2.05) is 0 Å². The van der Waals surface area contributed by atoms with Crippen LogP contribution in [0.2, 0.25) is 0 Å². The van der Waals surface area contributed by atoms with E-state index in [0.717, 1.165) is 23.8 Å². The molecule has 0 spiro atoms. The molecular weight excluding hydrogens is 146 g/mol. The monoisotopic (exact) mass is 167 g/mol. The molecule has 1 nitrogen and oxygen atoms in total. The van der Waals surface area contributed by atoms with Gasteiger partial charge < -0.3 is 5.32 Å². The van der Waals surface area contributed by atoms with Gasteiger partial charge in [0.2, 0.25) is 0 Å². The molecule has 1 N–H and O–H groups in total. The van der Waals surface area contributed by atoms with Gasteiger partial charge in [-0.05, 0) is 50.0 Å². The molecule has 2 rings (SSSR count). The van der Waals surface area contributed by atoms with Crippen molar-refractivity contribution in [1.29, 1.82) is 0 Å². The Balaban J connectivity index is 1.71. The van der Waals surface area contributed by atoms with Crippen LogP contribution in [0.4, 0.5) is 0 Å². The molecular formula is C11H21N. The van der Waals surface area contributed by atoms with E-state index in [2.05, 4.69) is 19.2 Å². The lowest BCUT2D eigenvalue weighted by molar-refractivity contribution is 0.322. The summed E-state index contributed by atoms with van der Waals surface area (Å²) in [7, 11) is 0. The quantitative estimate of drug-likeness (QED) is 0.663. The van der Waals surface area contributed by atoms with E-state index in [1.54, 1.807) is 0 Å². The zero-order valence-corrected chi connectivity index (χ0v) is 8.34. The van der Waals surface area contributed by atoms with E-state index in [1.165, 1.54) is 32.2 Å². The van der Waals surface area contributed by atoms with Gasteiger partial charge in [0, 0.05) is 6.04 Å². The van der Waals surface area contributed by atoms with Crippen LogP contribution < -0.4 is 5.32 Å². The molecule has 0 bridgehead atoms. The first-order valence-corrected chi connectivity index (χ1v) is 5.50. The summed E-state index contributed by atoms with van der Waals surface area (Å²) in [5.41, 5.74) is 0. The van der Waals surface area contributed by atoms with Crippen molar-refractivity contribution in [2.24, 2.45) is 17.8 Å². The van der Waals surface area contributed by atoms with E-state index < -0.39 is 0 Å². The summed E-state index contributed by atoms with van der Waals surface area (Å²) >= 11 is 0. The second-order valence-electron chi connectivity index (χ2n) is 4.93. The predicted octanol–water partition coefficient (Wildman–Crippen LogP) is 2.42. The lowest BCUT2D eigenvalue weighted by Gasteiger charge is -2.20. The lowest BCUT2D eigenvalue weighted by Crippen LogP contribution is -2.29. The van der Waals surface area contributed by atoms with E-state index in [9.17, 15) is 0 Å². The van der Waals surface area contributed by atoms with Crippen molar-refractivity contribution >= 4 is 0 Å². The fourth-order valence-electron chi connectivity index (χ4n) is 2.06. The molecule has 0 amide bonds. The Kier molecular flexibility index (Phi) is 2.40. The maximum atomic E-state index is 3.66. The van der Waals surface area contributed by atoms with Crippen molar-refractivity contribution < 1.29 is 0 Å². The van der Waals surface area contributed by atoms with Crippen LogP contribution in [0.5, 0.6) is 0 Å². The Labute approximate surface area is 75.9 Å². The molecule has 0 saturated heterocycles. The van der Waals surface area contributed by atoms with Gasteiger partial charge >= 0.3 is 0 Å². The summed E-state index contributed by atoms with van der Waals surface area (Å²) in [5.74, 6) is 2.91. The molecule has 1 heteroatoms. The smallest absolute Gasteiger partial charge is 0.00683 e. The van der Waals surface area contributed by atoms with Gasteiger partial charge in [-0.25, -0.2) is 0 Å². The minimum atomic E-state index is 0.878. The highest BCUT2D eigenvalue weighted by atomic mass is 14.9. The van der Waals surface area contributed by atoms with Crippen LogP contribution in [0.25, 0.3) is 0 Å². The van der Waals surface area contributed by atoms with Gasteiger partial charge in [-0.2, -0.15) is 0 Å². The Morgan fingerprint density at radius 3 is 2.25 bits per heavy atom. The topological polar surface area (TPSA) is 12.0 Å². The van der Waals surface area contributed by atoms with E-state index in [4.69, 9.17) is 0 Å². The summed E-state index contributed by atoms with van der Waals surface area (Å²) in [5, 5.41) is 3.66. The second-order valence-corrected chi connectivity index (χ2v) is 4.93. The molecule has 2 aliphatic rings. The molecule has 0 radical (unpaired) electrons. The molecule has 0 aromatic carbocycles. The summed E-state index contributed by atoms with van der Waals surface area (Å²) in [6, 6.07) is 0.894. The minimum absolute atomic E-state index is 0.878. The molecule has 0 aromatic rings. The second kappa shape index (κ2) is 3.37. The highest BCUT2D eigenvalue weighted by Crippen LogP contribution is 2.40. The van der Waals surface area contributed by atoms with Crippen molar-refractivity contribution in [3.05, 3.63) is 0 Å². The zero-order chi connectivity index (χ0) is 8.55. The van der Waals surface area contributed by atoms with Crippen LogP contribution in [0.1, 0.15) is 39.5 Å². The minimum Gasteiger partial charge on any atom is -0.314 e. The van der Waals surface area contributed by atoms with Gasteiger partial charge in [-0.1, -0.05) is 13.8 Å². The summed E-state index contributed by atoms with van der Waals surface area (Å²) in [4.78, 5) is 0. The third-order valence-electron chi connectivity index (χ3n) is 3.30. The van der Waals surface area contributed by atoms with Crippen molar-refractivity contribution in [2.45, 2.75) is 45.6 Å². The van der Waals surface area contributed by atoms with Crippen LogP contribution in [0.3, 0.4) is 0 Å². The van der Waals surface area contributed by atoms with Crippen molar-refractivity contribution in [2.75, 3.05) is 6.54 Å². The zero-order valence-electron chi connectivity index (χ0n) is 8.34. The summed E-state index contributed by atoms with van der Waals surface area (Å²) in [6.45, 7) is 6.03. The largest absolute Gasteiger partial charge is 0.314 e. The van der Waals surface area contributed by atoms with Crippen LogP contribution in [0, 0.1) is 17.8 Å². The molecule has 2 aliphatic carbocycles. The fraction of sp³-hybridized carbons (Fsp3) is 1.00. The Bertz CT molecular complexity index is 143. The Hall–Kier alpha value is -0.0400. The molecule has 0 heterocycles. The first-order chi connectivity index (χ1) is 5.77. The van der Waals surface area contributed by atoms with E-state index >= 15 is 0 Å². The van der Waals surface area contributed by atoms with E-state index in [-0.39, 0.29) is 0 Å². The number of hydrogen-bond acceptors (Lipinski definition) is 1. The summed E-state index contributed by atoms with van der Waals surface area (Å²) < 4.78 is 0. The standard InChI is InChI=1S/C11H21N/c1-8(2)11(9-3-4-9)7-12-10-5-6-10/h8-12H,3-7H2,1-2H3. The van der Waals surface area contributed by atoms with Crippen LogP contribution in [-0.4, -0.2) is 12.6 Å². The number of rotatable bonds is 5. The normalized spacial score (nSPS) is 26.2. The van der Waals surface area contributed by atoms with Crippen molar-refractivity contribution in [3.63, 3.8) is 0 Å². The molecule has 0 aromatic heterocycles. The highest BCUT2D eigenvalue weighted by molar-refractivity contribution is 4.88. The number of hydrogen-bond donors (Lipinski definition) is 1. The molecule has 1 atom stereocenters. The first-order valence-electron chi connectivity index (χ1n) is 5.50.